The first kappa shape index (κ1) is 34.4. The first-order valence-corrected chi connectivity index (χ1v) is 14.9. The maximum absolute atomic E-state index is 9.71. The van der Waals surface area contributed by atoms with Crippen molar-refractivity contribution in [3.05, 3.63) is 24.3 Å². The predicted octanol–water partition coefficient (Wildman–Crippen LogP) is 9.46. The minimum Gasteiger partial charge on any atom is -0.389 e. The SMILES string of the molecule is CC=CC(O)CCCCCCCCCC(C)(C)OC(C)(C)CCCCCCCCCC(O)C=CC. The molecule has 0 aromatic heterocycles. The van der Waals surface area contributed by atoms with Gasteiger partial charge < -0.3 is 14.9 Å². The molecule has 0 amide bonds. The molecule has 0 aromatic carbocycles. The Kier molecular flexibility index (Phi) is 21.1. The summed E-state index contributed by atoms with van der Waals surface area (Å²) in [5.74, 6) is 0. The molecule has 3 nitrogen and oxygen atoms in total. The molecule has 2 atom stereocenters. The van der Waals surface area contributed by atoms with Crippen LogP contribution in [0.3, 0.4) is 0 Å². The Morgan fingerprint density at radius 2 is 0.800 bits per heavy atom. The summed E-state index contributed by atoms with van der Waals surface area (Å²) in [5, 5.41) is 19.4. The van der Waals surface area contributed by atoms with Gasteiger partial charge in [0, 0.05) is 0 Å². The van der Waals surface area contributed by atoms with Gasteiger partial charge in [0.25, 0.3) is 0 Å². The summed E-state index contributed by atoms with van der Waals surface area (Å²) in [6.45, 7) is 13.0. The lowest BCUT2D eigenvalue weighted by atomic mass is 9.94. The quantitative estimate of drug-likeness (QED) is 0.104. The summed E-state index contributed by atoms with van der Waals surface area (Å²) in [4.78, 5) is 0. The summed E-state index contributed by atoms with van der Waals surface area (Å²) < 4.78 is 6.57. The second kappa shape index (κ2) is 21.4. The second-order valence-electron chi connectivity index (χ2n) is 11.8. The van der Waals surface area contributed by atoms with Gasteiger partial charge in [0.1, 0.15) is 0 Å². The molecule has 208 valence electrons. The van der Waals surface area contributed by atoms with E-state index in [-0.39, 0.29) is 23.4 Å². The Bertz CT molecular complexity index is 475. The highest BCUT2D eigenvalue weighted by atomic mass is 16.5. The lowest BCUT2D eigenvalue weighted by Gasteiger charge is -2.36. The first-order chi connectivity index (χ1) is 16.6. The summed E-state index contributed by atoms with van der Waals surface area (Å²) in [5.41, 5.74) is -0.103. The summed E-state index contributed by atoms with van der Waals surface area (Å²) >= 11 is 0. The number of ether oxygens (including phenoxy) is 1. The minimum atomic E-state index is -0.254. The molecule has 0 rings (SSSR count). The topological polar surface area (TPSA) is 49.7 Å². The van der Waals surface area contributed by atoms with Crippen LogP contribution in [0.4, 0.5) is 0 Å². The Morgan fingerprint density at radius 1 is 0.514 bits per heavy atom. The number of allylic oxidation sites excluding steroid dienone is 2. The molecule has 0 aliphatic rings. The van der Waals surface area contributed by atoms with E-state index in [0.29, 0.717) is 0 Å². The Labute approximate surface area is 219 Å². The monoisotopic (exact) mass is 494 g/mol. The van der Waals surface area contributed by atoms with Crippen LogP contribution >= 0.6 is 0 Å². The van der Waals surface area contributed by atoms with E-state index in [9.17, 15) is 10.2 Å². The number of aliphatic hydroxyl groups excluding tert-OH is 2. The highest BCUT2D eigenvalue weighted by Crippen LogP contribution is 2.29. The molecule has 0 radical (unpaired) electrons. The second-order valence-corrected chi connectivity index (χ2v) is 11.8. The van der Waals surface area contributed by atoms with Crippen LogP contribution in [0.15, 0.2) is 24.3 Å². The van der Waals surface area contributed by atoms with Gasteiger partial charge in [0.2, 0.25) is 0 Å². The standard InChI is InChI=1S/C32H62O3/c1-7-23-29(33)25-19-15-11-9-13-17-21-27-31(3,4)35-32(5,6)28-22-18-14-10-12-16-20-26-30(34)24-8-2/h7-8,23-24,29-30,33-34H,9-22,25-28H2,1-6H3. The normalized spacial score (nSPS) is 14.9. The lowest BCUT2D eigenvalue weighted by molar-refractivity contribution is -0.130. The molecule has 0 heterocycles. The van der Waals surface area contributed by atoms with E-state index in [1.165, 1.54) is 77.0 Å². The zero-order chi connectivity index (χ0) is 26.4. The molecule has 0 saturated heterocycles. The molecule has 0 bridgehead atoms. The highest BCUT2D eigenvalue weighted by molar-refractivity contribution is 4.85. The van der Waals surface area contributed by atoms with E-state index in [1.54, 1.807) is 0 Å². The van der Waals surface area contributed by atoms with Crippen LogP contribution in [0.2, 0.25) is 0 Å². The molecule has 0 aliphatic carbocycles. The van der Waals surface area contributed by atoms with Gasteiger partial charge in [-0.25, -0.2) is 0 Å². The number of hydrogen-bond acceptors (Lipinski definition) is 3. The van der Waals surface area contributed by atoms with Crippen LogP contribution in [-0.2, 0) is 4.74 Å². The van der Waals surface area contributed by atoms with Crippen LogP contribution in [0.25, 0.3) is 0 Å². The van der Waals surface area contributed by atoms with Crippen molar-refractivity contribution in [2.75, 3.05) is 0 Å². The van der Waals surface area contributed by atoms with Crippen LogP contribution in [0, 0.1) is 0 Å². The summed E-state index contributed by atoms with van der Waals surface area (Å²) in [6, 6.07) is 0. The van der Waals surface area contributed by atoms with Crippen LogP contribution in [0.5, 0.6) is 0 Å². The zero-order valence-corrected chi connectivity index (χ0v) is 24.5. The van der Waals surface area contributed by atoms with Crippen molar-refractivity contribution < 1.29 is 14.9 Å². The fraction of sp³-hybridized carbons (Fsp3) is 0.875. The van der Waals surface area contributed by atoms with Crippen molar-refractivity contribution in [2.45, 2.75) is 181 Å². The van der Waals surface area contributed by atoms with E-state index in [4.69, 9.17) is 4.74 Å². The van der Waals surface area contributed by atoms with Crippen LogP contribution in [-0.4, -0.2) is 33.6 Å². The fourth-order valence-corrected chi connectivity index (χ4v) is 5.06. The molecule has 0 aromatic rings. The van der Waals surface area contributed by atoms with Crippen molar-refractivity contribution in [3.63, 3.8) is 0 Å². The van der Waals surface area contributed by atoms with Gasteiger partial charge in [-0.15, -0.1) is 0 Å². The maximum Gasteiger partial charge on any atom is 0.0720 e. The zero-order valence-electron chi connectivity index (χ0n) is 24.5. The third-order valence-electron chi connectivity index (χ3n) is 6.94. The average Bonchev–Trinajstić information content (AvgIpc) is 2.76. The molecule has 0 aliphatic heterocycles. The Balaban J connectivity index is 3.73. The highest BCUT2D eigenvalue weighted by Gasteiger charge is 2.28. The van der Waals surface area contributed by atoms with Gasteiger partial charge in [0.05, 0.1) is 23.4 Å². The van der Waals surface area contributed by atoms with Crippen LogP contribution < -0.4 is 0 Å². The Hall–Kier alpha value is -0.640. The summed E-state index contributed by atoms with van der Waals surface area (Å²) in [6.07, 6.45) is 28.8. The van der Waals surface area contributed by atoms with Crippen molar-refractivity contribution in [1.29, 1.82) is 0 Å². The van der Waals surface area contributed by atoms with Gasteiger partial charge >= 0.3 is 0 Å². The van der Waals surface area contributed by atoms with Gasteiger partial charge in [-0.3, -0.25) is 0 Å². The van der Waals surface area contributed by atoms with Gasteiger partial charge in [-0.2, -0.15) is 0 Å². The molecule has 0 saturated carbocycles. The molecular weight excluding hydrogens is 432 g/mol. The number of hydrogen-bond donors (Lipinski definition) is 2. The lowest BCUT2D eigenvalue weighted by Crippen LogP contribution is -2.37. The van der Waals surface area contributed by atoms with E-state index in [1.807, 2.05) is 38.2 Å². The third kappa shape index (κ3) is 23.5. The summed E-state index contributed by atoms with van der Waals surface area (Å²) in [7, 11) is 0. The minimum absolute atomic E-state index is 0.0516. The number of aliphatic hydroxyl groups is 2. The molecule has 2 N–H and O–H groups in total. The Morgan fingerprint density at radius 3 is 1.11 bits per heavy atom. The van der Waals surface area contributed by atoms with E-state index >= 15 is 0 Å². The van der Waals surface area contributed by atoms with Gasteiger partial charge in [-0.1, -0.05) is 114 Å². The molecular formula is C32H62O3. The maximum atomic E-state index is 9.71. The number of unbranched alkanes of at least 4 members (excludes halogenated alkanes) is 12. The fourth-order valence-electron chi connectivity index (χ4n) is 5.06. The molecule has 0 fully saturated rings. The van der Waals surface area contributed by atoms with Crippen molar-refractivity contribution in [2.24, 2.45) is 0 Å². The van der Waals surface area contributed by atoms with Crippen molar-refractivity contribution in [3.8, 4) is 0 Å². The number of rotatable bonds is 24. The van der Waals surface area contributed by atoms with Crippen molar-refractivity contribution in [1.82, 2.24) is 0 Å². The molecule has 0 spiro atoms. The molecule has 35 heavy (non-hydrogen) atoms. The van der Waals surface area contributed by atoms with Crippen molar-refractivity contribution >= 4 is 0 Å². The molecule has 3 heteroatoms. The largest absolute Gasteiger partial charge is 0.389 e. The third-order valence-corrected chi connectivity index (χ3v) is 6.94. The first-order valence-electron chi connectivity index (χ1n) is 14.9. The average molecular weight is 495 g/mol. The van der Waals surface area contributed by atoms with Gasteiger partial charge in [0.15, 0.2) is 0 Å². The van der Waals surface area contributed by atoms with E-state index < -0.39 is 0 Å². The van der Waals surface area contributed by atoms with Gasteiger partial charge in [-0.05, 0) is 67.2 Å². The van der Waals surface area contributed by atoms with E-state index in [0.717, 1.165) is 38.5 Å². The smallest absolute Gasteiger partial charge is 0.0720 e. The van der Waals surface area contributed by atoms with E-state index in [2.05, 4.69) is 27.7 Å². The molecule has 2 unspecified atom stereocenters. The predicted molar refractivity (Wildman–Crippen MR) is 154 cm³/mol. The van der Waals surface area contributed by atoms with Crippen LogP contribution in [0.1, 0.15) is 157 Å².